The van der Waals surface area contributed by atoms with Crippen LogP contribution in [0, 0.1) is 5.92 Å². The number of rotatable bonds is 7. The van der Waals surface area contributed by atoms with Crippen LogP contribution in [0.25, 0.3) is 0 Å². The van der Waals surface area contributed by atoms with E-state index in [2.05, 4.69) is 4.90 Å². The molecule has 2 saturated heterocycles. The lowest BCUT2D eigenvalue weighted by Crippen LogP contribution is -2.44. The van der Waals surface area contributed by atoms with Crippen LogP contribution in [-0.4, -0.2) is 67.0 Å². The van der Waals surface area contributed by atoms with Gasteiger partial charge in [-0.1, -0.05) is 18.2 Å². The number of hydrogen-bond donors (Lipinski definition) is 2. The van der Waals surface area contributed by atoms with E-state index in [0.29, 0.717) is 30.9 Å². The summed E-state index contributed by atoms with van der Waals surface area (Å²) in [6.07, 6.45) is 6.57. The van der Waals surface area contributed by atoms with Crippen LogP contribution in [0.4, 0.5) is 5.69 Å². The fourth-order valence-electron chi connectivity index (χ4n) is 5.74. The van der Waals surface area contributed by atoms with Crippen molar-refractivity contribution in [1.29, 1.82) is 0 Å². The molecule has 3 aliphatic rings. The highest BCUT2D eigenvalue weighted by molar-refractivity contribution is 5.78. The molecule has 182 valence electrons. The van der Waals surface area contributed by atoms with E-state index in [0.717, 1.165) is 68.8 Å². The Morgan fingerprint density at radius 2 is 1.74 bits per heavy atom. The van der Waals surface area contributed by atoms with Crippen molar-refractivity contribution in [3.8, 4) is 17.2 Å². The monoisotopic (exact) mass is 466 g/mol. The van der Waals surface area contributed by atoms with Gasteiger partial charge in [-0.05, 0) is 68.8 Å². The Balaban J connectivity index is 1.24. The number of hydrogen-bond acceptors (Lipinski definition) is 6. The molecule has 3 heterocycles. The van der Waals surface area contributed by atoms with Gasteiger partial charge in [0, 0.05) is 49.0 Å². The van der Waals surface area contributed by atoms with Crippen LogP contribution in [0.2, 0.25) is 0 Å². The molecule has 0 aromatic heterocycles. The molecule has 2 aromatic rings. The number of phenols is 2. The van der Waals surface area contributed by atoms with E-state index in [1.165, 1.54) is 18.9 Å². The third-order valence-electron chi connectivity index (χ3n) is 7.77. The molecule has 1 atom stereocenters. The summed E-state index contributed by atoms with van der Waals surface area (Å²) in [6, 6.07) is 11.6. The summed E-state index contributed by atoms with van der Waals surface area (Å²) in [5.74, 6) is 0.740. The number of para-hydroxylation sites is 1. The van der Waals surface area contributed by atoms with Gasteiger partial charge in [0.1, 0.15) is 5.75 Å². The molecule has 1 amide bonds. The standard InChI is InChI=1S/C27H34N2O5/c30-18-29(12-7-19-5-10-28(11-6-19)20-8-13-33-14-9-20)24-4-2-1-3-21(24)23-17-34-27-16-26(32)25(31)15-22(23)27/h1-4,15-16,18-20,23,31-32H,5-14,17H2. The summed E-state index contributed by atoms with van der Waals surface area (Å²) in [6.45, 7) is 5.14. The Hall–Kier alpha value is -2.77. The Kier molecular flexibility index (Phi) is 6.92. The Labute approximate surface area is 200 Å². The van der Waals surface area contributed by atoms with E-state index < -0.39 is 0 Å². The molecule has 0 bridgehead atoms. The van der Waals surface area contributed by atoms with Crippen molar-refractivity contribution in [2.24, 2.45) is 5.92 Å². The number of ether oxygens (including phenoxy) is 2. The van der Waals surface area contributed by atoms with Crippen molar-refractivity contribution in [1.82, 2.24) is 4.90 Å². The summed E-state index contributed by atoms with van der Waals surface area (Å²) in [5.41, 5.74) is 2.70. The predicted octanol–water partition coefficient (Wildman–Crippen LogP) is 3.87. The van der Waals surface area contributed by atoms with Gasteiger partial charge < -0.3 is 29.5 Å². The van der Waals surface area contributed by atoms with Gasteiger partial charge in [0.25, 0.3) is 0 Å². The van der Waals surface area contributed by atoms with Gasteiger partial charge in [0.15, 0.2) is 11.5 Å². The second kappa shape index (κ2) is 10.2. The second-order valence-electron chi connectivity index (χ2n) is 9.71. The van der Waals surface area contributed by atoms with E-state index >= 15 is 0 Å². The lowest BCUT2D eigenvalue weighted by molar-refractivity contribution is -0.107. The molecule has 0 radical (unpaired) electrons. The number of fused-ring (bicyclic) bond motifs is 1. The number of likely N-dealkylation sites (tertiary alicyclic amines) is 1. The van der Waals surface area contributed by atoms with Gasteiger partial charge in [-0.2, -0.15) is 0 Å². The zero-order valence-electron chi connectivity index (χ0n) is 19.6. The van der Waals surface area contributed by atoms with Gasteiger partial charge in [-0.15, -0.1) is 0 Å². The highest BCUT2D eigenvalue weighted by Gasteiger charge is 2.31. The number of nitrogens with zero attached hydrogens (tertiary/aromatic N) is 2. The lowest BCUT2D eigenvalue weighted by atomic mass is 9.90. The maximum Gasteiger partial charge on any atom is 0.214 e. The summed E-state index contributed by atoms with van der Waals surface area (Å²) < 4.78 is 11.3. The first-order valence-electron chi connectivity index (χ1n) is 12.5. The quantitative estimate of drug-likeness (QED) is 0.476. The number of anilines is 1. The van der Waals surface area contributed by atoms with E-state index in [9.17, 15) is 15.0 Å². The Morgan fingerprint density at radius 3 is 2.50 bits per heavy atom. The van der Waals surface area contributed by atoms with Crippen LogP contribution >= 0.6 is 0 Å². The summed E-state index contributed by atoms with van der Waals surface area (Å²) >= 11 is 0. The van der Waals surface area contributed by atoms with Crippen molar-refractivity contribution >= 4 is 12.1 Å². The third-order valence-corrected chi connectivity index (χ3v) is 7.77. The van der Waals surface area contributed by atoms with Crippen LogP contribution in [0.1, 0.15) is 49.1 Å². The normalized spacial score (nSPS) is 21.7. The van der Waals surface area contributed by atoms with Crippen molar-refractivity contribution in [2.45, 2.75) is 44.1 Å². The second-order valence-corrected chi connectivity index (χ2v) is 9.71. The maximum absolute atomic E-state index is 12.1. The number of carbonyl (C=O) groups is 1. The number of phenolic OH excluding ortho intramolecular Hbond substituents is 2. The summed E-state index contributed by atoms with van der Waals surface area (Å²) in [4.78, 5) is 16.6. The highest BCUT2D eigenvalue weighted by Crippen LogP contribution is 2.45. The number of piperidine rings is 1. The van der Waals surface area contributed by atoms with Crippen LogP contribution in [-0.2, 0) is 9.53 Å². The highest BCUT2D eigenvalue weighted by atomic mass is 16.5. The van der Waals surface area contributed by atoms with Crippen LogP contribution in [0.5, 0.6) is 17.2 Å². The molecule has 1 unspecified atom stereocenters. The van der Waals surface area contributed by atoms with E-state index in [1.807, 2.05) is 29.2 Å². The van der Waals surface area contributed by atoms with Crippen LogP contribution in [0.3, 0.4) is 0 Å². The predicted molar refractivity (Wildman–Crippen MR) is 130 cm³/mol. The number of benzene rings is 2. The minimum atomic E-state index is -0.190. The first-order chi connectivity index (χ1) is 16.6. The van der Waals surface area contributed by atoms with E-state index in [4.69, 9.17) is 9.47 Å². The van der Waals surface area contributed by atoms with Gasteiger partial charge in [0.2, 0.25) is 6.41 Å². The smallest absolute Gasteiger partial charge is 0.214 e. The molecule has 0 aliphatic carbocycles. The molecule has 2 fully saturated rings. The fourth-order valence-corrected chi connectivity index (χ4v) is 5.74. The number of aromatic hydroxyl groups is 2. The first kappa shape index (κ1) is 23.0. The van der Waals surface area contributed by atoms with Crippen molar-refractivity contribution in [2.75, 3.05) is 44.4 Å². The van der Waals surface area contributed by atoms with Crippen LogP contribution in [0.15, 0.2) is 36.4 Å². The molecule has 0 saturated carbocycles. The van der Waals surface area contributed by atoms with Crippen LogP contribution < -0.4 is 9.64 Å². The van der Waals surface area contributed by atoms with Crippen molar-refractivity contribution < 1.29 is 24.5 Å². The fraction of sp³-hybridized carbons (Fsp3) is 0.519. The Morgan fingerprint density at radius 1 is 1.00 bits per heavy atom. The summed E-state index contributed by atoms with van der Waals surface area (Å²) in [7, 11) is 0. The topological polar surface area (TPSA) is 82.5 Å². The average molecular weight is 467 g/mol. The van der Waals surface area contributed by atoms with Crippen molar-refractivity contribution in [3.05, 3.63) is 47.5 Å². The molecule has 0 spiro atoms. The maximum atomic E-state index is 12.1. The minimum absolute atomic E-state index is 0.108. The average Bonchev–Trinajstić information content (AvgIpc) is 3.28. The first-order valence-corrected chi connectivity index (χ1v) is 12.5. The van der Waals surface area contributed by atoms with Gasteiger partial charge in [-0.25, -0.2) is 0 Å². The van der Waals surface area contributed by atoms with Gasteiger partial charge >= 0.3 is 0 Å². The molecular formula is C27H34N2O5. The number of carbonyl (C=O) groups excluding carboxylic acids is 1. The Bertz CT molecular complexity index is 999. The molecule has 2 N–H and O–H groups in total. The summed E-state index contributed by atoms with van der Waals surface area (Å²) in [5, 5.41) is 19.8. The molecule has 34 heavy (non-hydrogen) atoms. The molecule has 7 heteroatoms. The zero-order chi connectivity index (χ0) is 23.5. The lowest BCUT2D eigenvalue weighted by Gasteiger charge is -2.39. The van der Waals surface area contributed by atoms with Crippen molar-refractivity contribution in [3.63, 3.8) is 0 Å². The van der Waals surface area contributed by atoms with E-state index in [-0.39, 0.29) is 17.4 Å². The SMILES string of the molecule is O=CN(CCC1CCN(C2CCOCC2)CC1)c1ccccc1C1COc2cc(O)c(O)cc21. The van der Waals surface area contributed by atoms with Gasteiger partial charge in [-0.3, -0.25) is 4.79 Å². The largest absolute Gasteiger partial charge is 0.504 e. The molecular weight excluding hydrogens is 432 g/mol. The zero-order valence-corrected chi connectivity index (χ0v) is 19.6. The number of amides is 1. The minimum Gasteiger partial charge on any atom is -0.504 e. The molecule has 3 aliphatic heterocycles. The van der Waals surface area contributed by atoms with E-state index in [1.54, 1.807) is 6.07 Å². The molecule has 7 nitrogen and oxygen atoms in total. The third kappa shape index (κ3) is 4.72. The molecule has 5 rings (SSSR count). The van der Waals surface area contributed by atoms with Gasteiger partial charge in [0.05, 0.1) is 6.61 Å². The molecule has 2 aromatic carbocycles.